The maximum absolute atomic E-state index is 4.44. The topological polar surface area (TPSA) is 42.9 Å². The van der Waals surface area contributed by atoms with E-state index in [1.165, 1.54) is 43.9 Å². The van der Waals surface area contributed by atoms with Gasteiger partial charge in [0, 0.05) is 58.8 Å². The van der Waals surface area contributed by atoms with Gasteiger partial charge in [-0.15, -0.1) is 24.0 Å². The predicted molar refractivity (Wildman–Crippen MR) is 152 cm³/mol. The Morgan fingerprint density at radius 3 is 1.94 bits per heavy atom. The molecule has 182 valence electrons. The molecule has 1 aliphatic heterocycles. The molecule has 1 unspecified atom stereocenters. The number of hydrogen-bond acceptors (Lipinski definition) is 3. The van der Waals surface area contributed by atoms with Crippen LogP contribution in [0.3, 0.4) is 0 Å². The first-order chi connectivity index (χ1) is 15.7. The lowest BCUT2D eigenvalue weighted by atomic mass is 9.88. The number of rotatable bonds is 10. The molecule has 1 saturated heterocycles. The summed E-state index contributed by atoms with van der Waals surface area (Å²) in [5.41, 5.74) is 2.72. The van der Waals surface area contributed by atoms with E-state index in [2.05, 4.69) is 99.9 Å². The fraction of sp³-hybridized carbons (Fsp3) is 0.519. The van der Waals surface area contributed by atoms with Crippen molar-refractivity contribution in [3.05, 3.63) is 71.8 Å². The molecular weight excluding hydrogens is 521 g/mol. The summed E-state index contributed by atoms with van der Waals surface area (Å²) in [6.07, 6.45) is 1.02. The molecule has 0 spiro atoms. The molecule has 1 aliphatic rings. The van der Waals surface area contributed by atoms with Crippen LogP contribution in [0.2, 0.25) is 0 Å². The molecule has 2 aromatic carbocycles. The standard InChI is InChI=1S/C27H41N5.HI/c1-4-31-17-19-32(20-18-31)22-23(2)21-30-27(28-3)29-16-15-26(24-11-7-5-8-12-24)25-13-9-6-10-14-25;/h5-14,23,26H,4,15-22H2,1-3H3,(H2,28,29,30);1H. The zero-order valence-electron chi connectivity index (χ0n) is 20.5. The van der Waals surface area contributed by atoms with Gasteiger partial charge in [0.1, 0.15) is 0 Å². The summed E-state index contributed by atoms with van der Waals surface area (Å²) in [5.74, 6) is 1.86. The molecule has 0 bridgehead atoms. The summed E-state index contributed by atoms with van der Waals surface area (Å²) in [6.45, 7) is 13.5. The number of hydrogen-bond donors (Lipinski definition) is 2. The number of guanidine groups is 1. The van der Waals surface area contributed by atoms with Crippen LogP contribution in [0.15, 0.2) is 65.7 Å². The second-order valence-electron chi connectivity index (χ2n) is 8.88. The summed E-state index contributed by atoms with van der Waals surface area (Å²) in [4.78, 5) is 9.57. The van der Waals surface area contributed by atoms with E-state index in [1.54, 1.807) is 0 Å². The Hall–Kier alpha value is -1.64. The van der Waals surface area contributed by atoms with E-state index in [0.29, 0.717) is 11.8 Å². The van der Waals surface area contributed by atoms with Crippen molar-refractivity contribution in [2.75, 3.05) is 59.4 Å². The molecule has 6 heteroatoms. The van der Waals surface area contributed by atoms with Crippen molar-refractivity contribution >= 4 is 29.9 Å². The van der Waals surface area contributed by atoms with E-state index in [0.717, 1.165) is 32.0 Å². The van der Waals surface area contributed by atoms with Gasteiger partial charge in [-0.25, -0.2) is 0 Å². The molecule has 0 saturated carbocycles. The lowest BCUT2D eigenvalue weighted by Crippen LogP contribution is -2.48. The van der Waals surface area contributed by atoms with Crippen LogP contribution in [0.25, 0.3) is 0 Å². The number of nitrogens with zero attached hydrogens (tertiary/aromatic N) is 3. The van der Waals surface area contributed by atoms with Gasteiger partial charge >= 0.3 is 0 Å². The Kier molecular flexibility index (Phi) is 12.8. The zero-order valence-corrected chi connectivity index (χ0v) is 22.9. The van der Waals surface area contributed by atoms with Crippen molar-refractivity contribution in [1.82, 2.24) is 20.4 Å². The maximum atomic E-state index is 4.44. The van der Waals surface area contributed by atoms with Gasteiger partial charge < -0.3 is 20.4 Å². The average Bonchev–Trinajstić information content (AvgIpc) is 2.85. The maximum Gasteiger partial charge on any atom is 0.190 e. The monoisotopic (exact) mass is 563 g/mol. The van der Waals surface area contributed by atoms with Gasteiger partial charge in [0.25, 0.3) is 0 Å². The predicted octanol–water partition coefficient (Wildman–Crippen LogP) is 4.27. The van der Waals surface area contributed by atoms with Gasteiger partial charge in [-0.1, -0.05) is 74.5 Å². The third kappa shape index (κ3) is 9.26. The van der Waals surface area contributed by atoms with E-state index in [1.807, 2.05) is 7.05 Å². The van der Waals surface area contributed by atoms with Crippen LogP contribution in [0.5, 0.6) is 0 Å². The molecule has 2 aromatic rings. The van der Waals surface area contributed by atoms with Crippen molar-refractivity contribution in [3.63, 3.8) is 0 Å². The Balaban J connectivity index is 0.00000385. The summed E-state index contributed by atoms with van der Waals surface area (Å²) >= 11 is 0. The number of aliphatic imine (C=N–C) groups is 1. The normalized spacial score (nSPS) is 16.3. The molecule has 0 radical (unpaired) electrons. The quantitative estimate of drug-likeness (QED) is 0.258. The van der Waals surface area contributed by atoms with Gasteiger partial charge in [-0.05, 0) is 30.0 Å². The summed E-state index contributed by atoms with van der Waals surface area (Å²) < 4.78 is 0. The van der Waals surface area contributed by atoms with Crippen LogP contribution in [0.4, 0.5) is 0 Å². The SMILES string of the molecule is CCN1CCN(CC(C)CNC(=NC)NCCC(c2ccccc2)c2ccccc2)CC1.I. The smallest absolute Gasteiger partial charge is 0.190 e. The van der Waals surface area contributed by atoms with Crippen molar-refractivity contribution in [1.29, 1.82) is 0 Å². The molecule has 1 fully saturated rings. The lowest BCUT2D eigenvalue weighted by Gasteiger charge is -2.35. The highest BCUT2D eigenvalue weighted by Gasteiger charge is 2.18. The van der Waals surface area contributed by atoms with E-state index >= 15 is 0 Å². The number of halogens is 1. The minimum absolute atomic E-state index is 0. The number of likely N-dealkylation sites (N-methyl/N-ethyl adjacent to an activating group) is 1. The fourth-order valence-corrected chi connectivity index (χ4v) is 4.52. The summed E-state index contributed by atoms with van der Waals surface area (Å²) in [5, 5.41) is 7.06. The van der Waals surface area contributed by atoms with Crippen LogP contribution < -0.4 is 10.6 Å². The third-order valence-electron chi connectivity index (χ3n) is 6.45. The molecule has 1 heterocycles. The van der Waals surface area contributed by atoms with Crippen LogP contribution in [0, 0.1) is 5.92 Å². The van der Waals surface area contributed by atoms with Gasteiger partial charge in [0.15, 0.2) is 5.96 Å². The third-order valence-corrected chi connectivity index (χ3v) is 6.45. The van der Waals surface area contributed by atoms with E-state index in [9.17, 15) is 0 Å². The number of piperazine rings is 1. The first-order valence-corrected chi connectivity index (χ1v) is 12.2. The van der Waals surface area contributed by atoms with Crippen molar-refractivity contribution in [3.8, 4) is 0 Å². The molecule has 33 heavy (non-hydrogen) atoms. The van der Waals surface area contributed by atoms with E-state index < -0.39 is 0 Å². The highest BCUT2D eigenvalue weighted by atomic mass is 127. The first-order valence-electron chi connectivity index (χ1n) is 12.2. The Morgan fingerprint density at radius 2 is 1.42 bits per heavy atom. The second kappa shape index (κ2) is 15.3. The molecule has 0 aliphatic carbocycles. The van der Waals surface area contributed by atoms with Crippen LogP contribution in [0.1, 0.15) is 37.3 Å². The van der Waals surface area contributed by atoms with Gasteiger partial charge in [-0.2, -0.15) is 0 Å². The Bertz CT molecular complexity index is 751. The Labute approximate surface area is 218 Å². The highest BCUT2D eigenvalue weighted by Crippen LogP contribution is 2.27. The van der Waals surface area contributed by atoms with Crippen molar-refractivity contribution < 1.29 is 0 Å². The number of benzene rings is 2. The van der Waals surface area contributed by atoms with Crippen LogP contribution in [-0.4, -0.2) is 75.2 Å². The fourth-order valence-electron chi connectivity index (χ4n) is 4.52. The summed E-state index contributed by atoms with van der Waals surface area (Å²) in [7, 11) is 1.86. The molecule has 0 amide bonds. The first kappa shape index (κ1) is 27.6. The summed E-state index contributed by atoms with van der Waals surface area (Å²) in [6, 6.07) is 21.6. The van der Waals surface area contributed by atoms with Crippen molar-refractivity contribution in [2.45, 2.75) is 26.2 Å². The Morgan fingerprint density at radius 1 is 0.879 bits per heavy atom. The van der Waals surface area contributed by atoms with E-state index in [-0.39, 0.29) is 24.0 Å². The minimum Gasteiger partial charge on any atom is -0.356 e. The van der Waals surface area contributed by atoms with Crippen LogP contribution in [-0.2, 0) is 0 Å². The molecule has 5 nitrogen and oxygen atoms in total. The molecule has 3 rings (SSSR count). The second-order valence-corrected chi connectivity index (χ2v) is 8.88. The highest BCUT2D eigenvalue weighted by molar-refractivity contribution is 14.0. The van der Waals surface area contributed by atoms with Crippen molar-refractivity contribution in [2.24, 2.45) is 10.9 Å². The van der Waals surface area contributed by atoms with Gasteiger partial charge in [0.2, 0.25) is 0 Å². The minimum atomic E-state index is 0. The molecule has 1 atom stereocenters. The zero-order chi connectivity index (χ0) is 22.6. The number of nitrogens with one attached hydrogen (secondary N) is 2. The van der Waals surface area contributed by atoms with Crippen LogP contribution >= 0.6 is 24.0 Å². The van der Waals surface area contributed by atoms with Gasteiger partial charge in [0.05, 0.1) is 0 Å². The molecule has 2 N–H and O–H groups in total. The van der Waals surface area contributed by atoms with E-state index in [4.69, 9.17) is 0 Å². The largest absolute Gasteiger partial charge is 0.356 e. The average molecular weight is 564 g/mol. The van der Waals surface area contributed by atoms with Gasteiger partial charge in [-0.3, -0.25) is 4.99 Å². The molecular formula is C27H42IN5. The molecule has 0 aromatic heterocycles. The lowest BCUT2D eigenvalue weighted by molar-refractivity contribution is 0.124.